The number of hydrogen-bond acceptors (Lipinski definition) is 6. The summed E-state index contributed by atoms with van der Waals surface area (Å²) in [6.07, 6.45) is 10.4. The molecule has 2 heterocycles. The number of hydrogen-bond donors (Lipinski definition) is 3. The summed E-state index contributed by atoms with van der Waals surface area (Å²) in [5, 5.41) is 17.6. The topological polar surface area (TPSA) is 95.3 Å². The van der Waals surface area contributed by atoms with E-state index in [4.69, 9.17) is 21.4 Å². The van der Waals surface area contributed by atoms with Gasteiger partial charge < -0.3 is 15.2 Å². The monoisotopic (exact) mass is 488 g/mol. The van der Waals surface area contributed by atoms with Crippen LogP contribution in [0.25, 0.3) is 0 Å². The Hall–Kier alpha value is -1.86. The molecule has 2 aliphatic heterocycles. The molecule has 0 aromatic rings. The van der Waals surface area contributed by atoms with Crippen molar-refractivity contribution in [3.63, 3.8) is 0 Å². The van der Waals surface area contributed by atoms with Gasteiger partial charge in [0.25, 0.3) is 0 Å². The maximum Gasteiger partial charge on any atom is 0.303 e. The van der Waals surface area contributed by atoms with Gasteiger partial charge in [-0.25, -0.2) is 10.4 Å². The third kappa shape index (κ3) is 4.66. The first-order chi connectivity index (χ1) is 16.5. The van der Waals surface area contributed by atoms with Crippen LogP contribution in [0.4, 0.5) is 0 Å². The Kier molecular flexibility index (Phi) is 7.03. The predicted molar refractivity (Wildman–Crippen MR) is 134 cm³/mol. The number of fused-ring (bicyclic) bond motifs is 4. The number of nitrogens with zero attached hydrogens (tertiary/aromatic N) is 2. The molecule has 5 aliphatic rings. The summed E-state index contributed by atoms with van der Waals surface area (Å²) >= 11 is 6.97. The zero-order chi connectivity index (χ0) is 23.7. The van der Waals surface area contributed by atoms with Crippen LogP contribution < -0.4 is 10.7 Å². The summed E-state index contributed by atoms with van der Waals surface area (Å²) in [7, 11) is 0. The molecule has 1 saturated heterocycles. The lowest BCUT2D eigenvalue weighted by molar-refractivity contribution is -0.137. The summed E-state index contributed by atoms with van der Waals surface area (Å²) in [6.45, 7) is 4.83. The van der Waals surface area contributed by atoms with Gasteiger partial charge in [0, 0.05) is 19.6 Å². The molecule has 0 bridgehead atoms. The highest BCUT2D eigenvalue weighted by molar-refractivity contribution is 6.44. The molecule has 2 fully saturated rings. The van der Waals surface area contributed by atoms with Crippen molar-refractivity contribution < 1.29 is 14.6 Å². The van der Waals surface area contributed by atoms with Crippen molar-refractivity contribution in [2.75, 3.05) is 19.7 Å². The Bertz CT molecular complexity index is 956. The number of rotatable bonds is 7. The van der Waals surface area contributed by atoms with Crippen molar-refractivity contribution in [1.29, 1.82) is 0 Å². The predicted octanol–water partition coefficient (Wildman–Crippen LogP) is 4.73. The number of carboxylic acids is 1. The summed E-state index contributed by atoms with van der Waals surface area (Å²) in [4.78, 5) is 15.2. The van der Waals surface area contributed by atoms with Gasteiger partial charge in [-0.05, 0) is 87.2 Å². The Labute approximate surface area is 207 Å². The highest BCUT2D eigenvalue weighted by atomic mass is 35.5. The van der Waals surface area contributed by atoms with Crippen LogP contribution in [0, 0.1) is 17.8 Å². The van der Waals surface area contributed by atoms with E-state index in [1.54, 1.807) is 5.57 Å². The van der Waals surface area contributed by atoms with Crippen LogP contribution in [0.15, 0.2) is 31.8 Å². The molecular weight excluding hydrogens is 452 g/mol. The van der Waals surface area contributed by atoms with E-state index >= 15 is 0 Å². The number of ether oxygens (including phenoxy) is 1. The molecule has 4 atom stereocenters. The zero-order valence-electron chi connectivity index (χ0n) is 20.2. The molecule has 1 saturated carbocycles. The van der Waals surface area contributed by atoms with Gasteiger partial charge in [0.1, 0.15) is 0 Å². The Balaban J connectivity index is 1.40. The molecular formula is C26H37ClN4O3. The number of unbranched alkanes of at least 4 members (excludes halogenated alkanes) is 2. The first-order valence-corrected chi connectivity index (χ1v) is 13.4. The molecule has 0 radical (unpaired) electrons. The molecule has 186 valence electrons. The molecule has 7 nitrogen and oxygen atoms in total. The van der Waals surface area contributed by atoms with E-state index in [-0.39, 0.29) is 12.0 Å². The number of nitrogens with one attached hydrogen (secondary N) is 2. The number of halogens is 1. The lowest BCUT2D eigenvalue weighted by atomic mass is 9.56. The molecule has 3 N–H and O–H groups in total. The zero-order valence-corrected chi connectivity index (χ0v) is 20.9. The van der Waals surface area contributed by atoms with Crippen LogP contribution in [-0.2, 0) is 9.53 Å². The lowest BCUT2D eigenvalue weighted by Gasteiger charge is -2.50. The number of hydrazone groups is 1. The van der Waals surface area contributed by atoms with E-state index in [2.05, 4.69) is 27.8 Å². The van der Waals surface area contributed by atoms with Crippen LogP contribution in [0.3, 0.4) is 0 Å². The average molecular weight is 489 g/mol. The summed E-state index contributed by atoms with van der Waals surface area (Å²) in [5.74, 6) is 1.71. The first-order valence-electron chi connectivity index (χ1n) is 13.1. The Morgan fingerprint density at radius 1 is 1.26 bits per heavy atom. The smallest absolute Gasteiger partial charge is 0.303 e. The van der Waals surface area contributed by atoms with Crippen molar-refractivity contribution in [2.24, 2.45) is 27.8 Å². The van der Waals surface area contributed by atoms with E-state index in [9.17, 15) is 4.79 Å². The van der Waals surface area contributed by atoms with Gasteiger partial charge in [-0.2, -0.15) is 5.10 Å². The molecule has 0 aromatic heterocycles. The minimum absolute atomic E-state index is 0.0221. The SMILES string of the molecule is C[C@]12C[C@H](CCCCCC(=O)O)C3=C4CCC(=NNC5=NCCN5)C(Cl)=C4CC[C@H]3[C@@H]1CCO2. The summed E-state index contributed by atoms with van der Waals surface area (Å²) < 4.78 is 6.35. The highest BCUT2D eigenvalue weighted by Crippen LogP contribution is 2.58. The van der Waals surface area contributed by atoms with Gasteiger partial charge >= 0.3 is 5.97 Å². The van der Waals surface area contributed by atoms with Gasteiger partial charge in [-0.15, -0.1) is 0 Å². The van der Waals surface area contributed by atoms with E-state index < -0.39 is 5.97 Å². The number of allylic oxidation sites excluding steroid dienone is 4. The third-order valence-electron chi connectivity index (χ3n) is 8.58. The highest BCUT2D eigenvalue weighted by Gasteiger charge is 2.53. The molecule has 8 heteroatoms. The van der Waals surface area contributed by atoms with Gasteiger partial charge in [0.05, 0.1) is 22.9 Å². The number of guanidine groups is 1. The lowest BCUT2D eigenvalue weighted by Crippen LogP contribution is -2.46. The van der Waals surface area contributed by atoms with Crippen LogP contribution in [0.5, 0.6) is 0 Å². The number of carboxylic acid groups (broad SMARTS) is 1. The Morgan fingerprint density at radius 2 is 2.15 bits per heavy atom. The fourth-order valence-corrected chi connectivity index (χ4v) is 7.45. The first kappa shape index (κ1) is 23.9. The summed E-state index contributed by atoms with van der Waals surface area (Å²) in [5.41, 5.74) is 8.43. The fraction of sp³-hybridized carbons (Fsp3) is 0.731. The fourth-order valence-electron chi connectivity index (χ4n) is 7.10. The van der Waals surface area contributed by atoms with Crippen molar-refractivity contribution in [2.45, 2.75) is 83.2 Å². The van der Waals surface area contributed by atoms with Crippen LogP contribution >= 0.6 is 11.6 Å². The average Bonchev–Trinajstić information content (AvgIpc) is 3.47. The minimum atomic E-state index is -0.695. The van der Waals surface area contributed by atoms with Gasteiger partial charge in [0.2, 0.25) is 5.96 Å². The van der Waals surface area contributed by atoms with Crippen molar-refractivity contribution >= 4 is 29.2 Å². The van der Waals surface area contributed by atoms with E-state index in [1.807, 2.05) is 0 Å². The van der Waals surface area contributed by atoms with Crippen LogP contribution in [0.1, 0.15) is 77.6 Å². The number of aliphatic carboxylic acids is 1. The number of carbonyl (C=O) groups is 1. The van der Waals surface area contributed by atoms with Crippen molar-refractivity contribution in [3.8, 4) is 0 Å². The minimum Gasteiger partial charge on any atom is -0.481 e. The normalized spacial score (nSPS) is 33.9. The van der Waals surface area contributed by atoms with Crippen LogP contribution in [-0.4, -0.2) is 48.0 Å². The molecule has 3 aliphatic carbocycles. The quantitative estimate of drug-likeness (QED) is 0.355. The molecule has 5 rings (SSSR count). The van der Waals surface area contributed by atoms with E-state index in [0.717, 1.165) is 101 Å². The van der Waals surface area contributed by atoms with Crippen molar-refractivity contribution in [1.82, 2.24) is 10.7 Å². The van der Waals surface area contributed by atoms with E-state index in [1.165, 1.54) is 11.1 Å². The molecule has 0 amide bonds. The summed E-state index contributed by atoms with van der Waals surface area (Å²) in [6, 6.07) is 0. The van der Waals surface area contributed by atoms with Crippen LogP contribution in [0.2, 0.25) is 0 Å². The largest absolute Gasteiger partial charge is 0.481 e. The molecule has 34 heavy (non-hydrogen) atoms. The van der Waals surface area contributed by atoms with Gasteiger partial charge in [-0.1, -0.05) is 30.0 Å². The molecule has 0 unspecified atom stereocenters. The van der Waals surface area contributed by atoms with Crippen molar-refractivity contribution in [3.05, 3.63) is 21.8 Å². The molecule has 0 spiro atoms. The van der Waals surface area contributed by atoms with E-state index in [0.29, 0.717) is 17.8 Å². The third-order valence-corrected chi connectivity index (χ3v) is 9.03. The second-order valence-corrected chi connectivity index (χ2v) is 11.0. The van der Waals surface area contributed by atoms with Gasteiger partial charge in [-0.3, -0.25) is 4.79 Å². The maximum absolute atomic E-state index is 10.9. The second-order valence-electron chi connectivity index (χ2n) is 10.6. The second kappa shape index (κ2) is 10.0. The standard InChI is InChI=1S/C26H37ClN4O3/c1-26-15-16(5-3-2-4-6-22(32)33)23-17-9-10-21(30-31-25-28-12-13-29-25)24(27)18(17)7-8-19(23)20(26)11-14-34-26/h16,19-20H,2-15H2,1H3,(H,32,33)(H2,28,29,31)/t16-,19-,20-,26-/m0/s1. The molecule has 0 aromatic carbocycles. The number of aliphatic imine (C=N–C) groups is 1. The van der Waals surface area contributed by atoms with Gasteiger partial charge in [0.15, 0.2) is 0 Å². The Morgan fingerprint density at radius 3 is 2.94 bits per heavy atom. The maximum atomic E-state index is 10.9.